The van der Waals surface area contributed by atoms with Crippen molar-refractivity contribution in [2.45, 2.75) is 12.7 Å². The molecule has 0 radical (unpaired) electrons. The zero-order valence-corrected chi connectivity index (χ0v) is 11.0. The van der Waals surface area contributed by atoms with E-state index >= 15 is 0 Å². The fourth-order valence-electron chi connectivity index (χ4n) is 1.79. The fraction of sp³-hybridized carbons (Fsp3) is 0.167. The molecule has 0 aliphatic carbocycles. The Morgan fingerprint density at radius 2 is 1.95 bits per heavy atom. The van der Waals surface area contributed by atoms with E-state index in [0.29, 0.717) is 0 Å². The fourth-order valence-corrected chi connectivity index (χ4v) is 1.98. The normalized spacial score (nSPS) is 11.6. The second kappa shape index (κ2) is 5.28. The summed E-state index contributed by atoms with van der Waals surface area (Å²) in [5, 5.41) is 10.1. The summed E-state index contributed by atoms with van der Waals surface area (Å²) in [7, 11) is 0. The number of aromatic amines is 1. The van der Waals surface area contributed by atoms with E-state index < -0.39 is 35.4 Å². The molecule has 0 amide bonds. The van der Waals surface area contributed by atoms with Gasteiger partial charge in [0.15, 0.2) is 0 Å². The molecule has 2 aromatic rings. The van der Waals surface area contributed by atoms with E-state index in [4.69, 9.17) is 11.6 Å². The molecule has 9 heteroatoms. The molecule has 21 heavy (non-hydrogen) atoms. The molecule has 1 aromatic heterocycles. The van der Waals surface area contributed by atoms with Crippen molar-refractivity contribution in [1.82, 2.24) is 9.55 Å². The van der Waals surface area contributed by atoms with Crippen molar-refractivity contribution >= 4 is 11.6 Å². The van der Waals surface area contributed by atoms with Crippen LogP contribution in [-0.4, -0.2) is 20.8 Å². The maximum absolute atomic E-state index is 12.4. The zero-order chi connectivity index (χ0) is 15.8. The van der Waals surface area contributed by atoms with Gasteiger partial charge in [0, 0.05) is 5.02 Å². The van der Waals surface area contributed by atoms with Crippen molar-refractivity contribution in [2.24, 2.45) is 0 Å². The third-order valence-electron chi connectivity index (χ3n) is 2.62. The lowest BCUT2D eigenvalue weighted by Crippen LogP contribution is -2.34. The molecule has 0 atom stereocenters. The van der Waals surface area contributed by atoms with Gasteiger partial charge >= 0.3 is 11.9 Å². The average Bonchev–Trinajstić information content (AvgIpc) is 2.33. The summed E-state index contributed by atoms with van der Waals surface area (Å²) in [6, 6.07) is 5.60. The molecule has 0 unspecified atom stereocenters. The summed E-state index contributed by atoms with van der Waals surface area (Å²) >= 11 is 5.73. The van der Waals surface area contributed by atoms with Gasteiger partial charge < -0.3 is 5.11 Å². The van der Waals surface area contributed by atoms with Gasteiger partial charge in [-0.15, -0.1) is 0 Å². The molecule has 5 nitrogen and oxygen atoms in total. The molecule has 0 spiro atoms. The first-order valence-corrected chi connectivity index (χ1v) is 5.95. The smallest absolute Gasteiger partial charge is 0.406 e. The van der Waals surface area contributed by atoms with E-state index in [-0.39, 0.29) is 15.2 Å². The molecule has 112 valence electrons. The molecule has 0 bridgehead atoms. The Hall–Kier alpha value is -2.22. The predicted octanol–water partition coefficient (Wildman–Crippen LogP) is 2.12. The topological polar surface area (TPSA) is 75.1 Å². The highest BCUT2D eigenvalue weighted by Crippen LogP contribution is 2.28. The SMILES string of the molecule is O=c1[nH]c(=O)n(CC(F)(F)F)c(O)c1-c1cccc(Cl)c1. The van der Waals surface area contributed by atoms with Crippen LogP contribution in [0.5, 0.6) is 5.88 Å². The van der Waals surface area contributed by atoms with Crippen molar-refractivity contribution in [3.63, 3.8) is 0 Å². The van der Waals surface area contributed by atoms with Gasteiger partial charge in [0.2, 0.25) is 5.88 Å². The lowest BCUT2D eigenvalue weighted by molar-refractivity contribution is -0.142. The van der Waals surface area contributed by atoms with E-state index in [1.807, 2.05) is 0 Å². The van der Waals surface area contributed by atoms with E-state index in [0.717, 1.165) is 0 Å². The minimum absolute atomic E-state index is 0.0393. The molecule has 0 aliphatic heterocycles. The highest BCUT2D eigenvalue weighted by atomic mass is 35.5. The van der Waals surface area contributed by atoms with Crippen LogP contribution >= 0.6 is 11.6 Å². The van der Waals surface area contributed by atoms with E-state index in [1.54, 1.807) is 4.98 Å². The molecule has 2 N–H and O–H groups in total. The summed E-state index contributed by atoms with van der Waals surface area (Å²) in [6.45, 7) is -1.72. The van der Waals surface area contributed by atoms with Crippen LogP contribution in [0.25, 0.3) is 11.1 Å². The molecule has 0 aliphatic rings. The number of rotatable bonds is 2. The quantitative estimate of drug-likeness (QED) is 0.890. The predicted molar refractivity (Wildman–Crippen MR) is 69.5 cm³/mol. The Bertz CT molecular complexity index is 796. The highest BCUT2D eigenvalue weighted by Gasteiger charge is 2.31. The molecule has 0 saturated heterocycles. The number of aromatic nitrogens is 2. The Labute approximate surface area is 120 Å². The lowest BCUT2D eigenvalue weighted by atomic mass is 10.1. The highest BCUT2D eigenvalue weighted by molar-refractivity contribution is 6.30. The van der Waals surface area contributed by atoms with E-state index in [1.165, 1.54) is 24.3 Å². The van der Waals surface area contributed by atoms with Crippen LogP contribution in [0, 0.1) is 0 Å². The first-order valence-electron chi connectivity index (χ1n) is 5.58. The van der Waals surface area contributed by atoms with Gasteiger partial charge in [-0.05, 0) is 17.7 Å². The number of halogens is 4. The third-order valence-corrected chi connectivity index (χ3v) is 2.86. The largest absolute Gasteiger partial charge is 0.494 e. The Balaban J connectivity index is 2.71. The molecular weight excluding hydrogens is 313 g/mol. The standard InChI is InChI=1S/C12H8ClF3N2O3/c13-7-3-1-2-6(4-7)8-9(19)17-11(21)18(10(8)20)5-12(14,15)16/h1-4,20H,5H2,(H,17,19,21). The molecule has 1 aromatic carbocycles. The maximum atomic E-state index is 12.4. The van der Waals surface area contributed by atoms with E-state index in [9.17, 15) is 27.9 Å². The number of aromatic hydroxyl groups is 1. The number of nitrogens with zero attached hydrogens (tertiary/aromatic N) is 1. The monoisotopic (exact) mass is 320 g/mol. The average molecular weight is 321 g/mol. The Morgan fingerprint density at radius 1 is 1.29 bits per heavy atom. The molecule has 0 saturated carbocycles. The zero-order valence-electron chi connectivity index (χ0n) is 10.2. The van der Waals surface area contributed by atoms with Gasteiger partial charge in [0.25, 0.3) is 5.56 Å². The van der Waals surface area contributed by atoms with Crippen molar-refractivity contribution in [1.29, 1.82) is 0 Å². The number of hydrogen-bond donors (Lipinski definition) is 2. The minimum Gasteiger partial charge on any atom is -0.494 e. The molecule has 0 fully saturated rings. The Kier molecular flexibility index (Phi) is 3.82. The van der Waals surface area contributed by atoms with Crippen molar-refractivity contribution in [3.05, 3.63) is 50.1 Å². The number of benzene rings is 1. The maximum Gasteiger partial charge on any atom is 0.406 e. The summed E-state index contributed by atoms with van der Waals surface area (Å²) in [4.78, 5) is 24.9. The first kappa shape index (κ1) is 15.2. The van der Waals surface area contributed by atoms with Crippen molar-refractivity contribution in [2.75, 3.05) is 0 Å². The minimum atomic E-state index is -4.73. The lowest BCUT2D eigenvalue weighted by Gasteiger charge is -2.13. The van der Waals surface area contributed by atoms with Crippen LogP contribution in [0.3, 0.4) is 0 Å². The summed E-state index contributed by atoms with van der Waals surface area (Å²) < 4.78 is 37.3. The van der Waals surface area contributed by atoms with Crippen LogP contribution < -0.4 is 11.2 Å². The second-order valence-corrected chi connectivity index (χ2v) is 4.61. The van der Waals surface area contributed by atoms with Gasteiger partial charge in [-0.25, -0.2) is 4.79 Å². The second-order valence-electron chi connectivity index (χ2n) is 4.17. The van der Waals surface area contributed by atoms with Crippen LogP contribution in [0.4, 0.5) is 13.2 Å². The summed E-state index contributed by atoms with van der Waals surface area (Å²) in [5.41, 5.74) is -2.71. The van der Waals surface area contributed by atoms with Gasteiger partial charge in [0.05, 0.1) is 0 Å². The van der Waals surface area contributed by atoms with E-state index in [2.05, 4.69) is 0 Å². The molecular formula is C12H8ClF3N2O3. The van der Waals surface area contributed by atoms with Gasteiger partial charge in [-0.3, -0.25) is 14.3 Å². The summed E-state index contributed by atoms with van der Waals surface area (Å²) in [5.74, 6) is -1.07. The van der Waals surface area contributed by atoms with Gasteiger partial charge in [0.1, 0.15) is 12.1 Å². The molecule has 2 rings (SSSR count). The van der Waals surface area contributed by atoms with Gasteiger partial charge in [-0.2, -0.15) is 13.2 Å². The van der Waals surface area contributed by atoms with Gasteiger partial charge in [-0.1, -0.05) is 23.7 Å². The van der Waals surface area contributed by atoms with Crippen molar-refractivity contribution < 1.29 is 18.3 Å². The number of H-pyrrole nitrogens is 1. The Morgan fingerprint density at radius 3 is 2.52 bits per heavy atom. The third kappa shape index (κ3) is 3.27. The van der Waals surface area contributed by atoms with Crippen LogP contribution in [0.1, 0.15) is 0 Å². The molecule has 1 heterocycles. The summed E-state index contributed by atoms with van der Waals surface area (Å²) in [6.07, 6.45) is -4.73. The van der Waals surface area contributed by atoms with Crippen molar-refractivity contribution in [3.8, 4) is 17.0 Å². The first-order chi connectivity index (χ1) is 9.69. The van der Waals surface area contributed by atoms with Crippen LogP contribution in [0.2, 0.25) is 5.02 Å². The number of alkyl halides is 3. The van der Waals surface area contributed by atoms with Crippen LogP contribution in [-0.2, 0) is 6.54 Å². The number of nitrogens with one attached hydrogen (secondary N) is 1. The van der Waals surface area contributed by atoms with Crippen LogP contribution in [0.15, 0.2) is 33.9 Å². The number of hydrogen-bond acceptors (Lipinski definition) is 3.